The molecule has 0 amide bonds. The number of furan rings is 1. The molecule has 0 aliphatic heterocycles. The third-order valence-electron chi connectivity index (χ3n) is 10.7. The lowest BCUT2D eigenvalue weighted by Crippen LogP contribution is -2.00. The minimum Gasteiger partial charge on any atom is -0.455 e. The summed E-state index contributed by atoms with van der Waals surface area (Å²) in [6, 6.07) is 65.7. The molecule has 0 N–H and O–H groups in total. The number of aromatic nitrogens is 3. The van der Waals surface area contributed by atoms with Gasteiger partial charge in [-0.15, -0.1) is 0 Å². The zero-order valence-corrected chi connectivity index (χ0v) is 29.6. The Kier molecular flexibility index (Phi) is 7.14. The molecule has 0 aliphatic carbocycles. The van der Waals surface area contributed by atoms with E-state index in [9.17, 15) is 0 Å². The van der Waals surface area contributed by atoms with Crippen LogP contribution in [0.5, 0.6) is 0 Å². The normalized spacial score (nSPS) is 11.6. The minimum absolute atomic E-state index is 0.593. The Morgan fingerprint density at radius 1 is 0.309 bits per heavy atom. The molecular weight excluding hydrogens is 671 g/mol. The molecule has 11 rings (SSSR count). The van der Waals surface area contributed by atoms with Crippen molar-refractivity contribution < 1.29 is 4.42 Å². The van der Waals surface area contributed by atoms with Crippen LogP contribution in [0, 0.1) is 0 Å². The molecule has 4 nitrogen and oxygen atoms in total. The van der Waals surface area contributed by atoms with Crippen molar-refractivity contribution in [3.05, 3.63) is 188 Å². The maximum Gasteiger partial charge on any atom is 0.164 e. The Morgan fingerprint density at radius 2 is 0.891 bits per heavy atom. The summed E-state index contributed by atoms with van der Waals surface area (Å²) in [4.78, 5) is 15.5. The molecule has 0 saturated carbocycles. The number of nitrogens with zero attached hydrogens (tertiary/aromatic N) is 3. The van der Waals surface area contributed by atoms with Gasteiger partial charge in [-0.1, -0.05) is 170 Å². The second kappa shape index (κ2) is 12.6. The maximum absolute atomic E-state index is 6.82. The molecule has 2 heterocycles. The molecule has 0 fully saturated rings. The summed E-state index contributed by atoms with van der Waals surface area (Å²) in [5.41, 5.74) is 8.85. The summed E-state index contributed by atoms with van der Waals surface area (Å²) >= 11 is 0. The van der Waals surface area contributed by atoms with Crippen LogP contribution in [0.1, 0.15) is 0 Å². The van der Waals surface area contributed by atoms with E-state index in [2.05, 4.69) is 170 Å². The molecule has 0 atom stereocenters. The van der Waals surface area contributed by atoms with Crippen LogP contribution in [-0.2, 0) is 0 Å². The van der Waals surface area contributed by atoms with Crippen LogP contribution < -0.4 is 0 Å². The number of benzene rings is 9. The molecule has 55 heavy (non-hydrogen) atoms. The minimum atomic E-state index is 0.593. The average molecular weight is 702 g/mol. The third-order valence-corrected chi connectivity index (χ3v) is 10.7. The van der Waals surface area contributed by atoms with Crippen molar-refractivity contribution in [2.75, 3.05) is 0 Å². The predicted octanol–water partition coefficient (Wildman–Crippen LogP) is 13.6. The number of rotatable bonds is 5. The van der Waals surface area contributed by atoms with Crippen molar-refractivity contribution in [1.82, 2.24) is 15.0 Å². The van der Waals surface area contributed by atoms with Crippen molar-refractivity contribution in [2.45, 2.75) is 0 Å². The fraction of sp³-hybridized carbons (Fsp3) is 0. The van der Waals surface area contributed by atoms with Gasteiger partial charge in [0, 0.05) is 33.0 Å². The second-order valence-corrected chi connectivity index (χ2v) is 14.0. The highest BCUT2D eigenvalue weighted by molar-refractivity contribution is 6.19. The molecule has 4 heteroatoms. The summed E-state index contributed by atoms with van der Waals surface area (Å²) < 4.78 is 6.82. The standard InChI is InChI=1S/C51H31N3O/c1-2-12-32(13-3-1)34-24-27-35(28-25-34)49-52-50(38-29-26-33-14-4-5-15-36(33)30-38)54-51(53-49)44-22-11-23-46-47(44)43-21-10-20-42(48(43)55-46)45-31-37-16-6-7-17-39(37)40-18-8-9-19-41(40)45/h1-31H. The topological polar surface area (TPSA) is 51.8 Å². The monoisotopic (exact) mass is 701 g/mol. The average Bonchev–Trinajstić information content (AvgIpc) is 3.66. The molecule has 0 bridgehead atoms. The van der Waals surface area contributed by atoms with Crippen LogP contribution in [0.15, 0.2) is 192 Å². The lowest BCUT2D eigenvalue weighted by molar-refractivity contribution is 0.670. The summed E-state index contributed by atoms with van der Waals surface area (Å²) in [5.74, 6) is 1.82. The van der Waals surface area contributed by atoms with E-state index >= 15 is 0 Å². The van der Waals surface area contributed by atoms with E-state index in [-0.39, 0.29) is 0 Å². The Bertz CT molecular complexity index is 3260. The predicted molar refractivity (Wildman–Crippen MR) is 227 cm³/mol. The second-order valence-electron chi connectivity index (χ2n) is 14.0. The van der Waals surface area contributed by atoms with Gasteiger partial charge in [0.25, 0.3) is 0 Å². The first-order valence-corrected chi connectivity index (χ1v) is 18.5. The summed E-state index contributed by atoms with van der Waals surface area (Å²) in [6.45, 7) is 0. The highest BCUT2D eigenvalue weighted by Crippen LogP contribution is 2.43. The Balaban J connectivity index is 1.12. The van der Waals surface area contributed by atoms with E-state index < -0.39 is 0 Å². The molecule has 0 saturated heterocycles. The summed E-state index contributed by atoms with van der Waals surface area (Å²) in [6.07, 6.45) is 0. The van der Waals surface area contributed by atoms with Crippen LogP contribution in [-0.4, -0.2) is 15.0 Å². The van der Waals surface area contributed by atoms with E-state index in [1.165, 1.54) is 26.9 Å². The molecule has 0 unspecified atom stereocenters. The molecule has 9 aromatic carbocycles. The number of fused-ring (bicyclic) bond motifs is 7. The van der Waals surface area contributed by atoms with Gasteiger partial charge in [-0.3, -0.25) is 0 Å². The fourth-order valence-corrected chi connectivity index (χ4v) is 8.05. The molecule has 0 spiro atoms. The van der Waals surface area contributed by atoms with Gasteiger partial charge in [-0.25, -0.2) is 15.0 Å². The van der Waals surface area contributed by atoms with Gasteiger partial charge in [-0.05, 0) is 67.2 Å². The molecule has 11 aromatic rings. The van der Waals surface area contributed by atoms with Gasteiger partial charge in [0.05, 0.1) is 0 Å². The summed E-state index contributed by atoms with van der Waals surface area (Å²) in [7, 11) is 0. The lowest BCUT2D eigenvalue weighted by atomic mass is 9.92. The molecule has 0 aliphatic rings. The van der Waals surface area contributed by atoms with E-state index in [4.69, 9.17) is 19.4 Å². The first-order valence-electron chi connectivity index (χ1n) is 18.5. The van der Waals surface area contributed by atoms with Crippen molar-refractivity contribution in [3.63, 3.8) is 0 Å². The molecule has 2 aromatic heterocycles. The smallest absolute Gasteiger partial charge is 0.164 e. The van der Waals surface area contributed by atoms with Crippen molar-refractivity contribution in [3.8, 4) is 56.4 Å². The van der Waals surface area contributed by atoms with E-state index in [0.29, 0.717) is 17.5 Å². The van der Waals surface area contributed by atoms with Crippen LogP contribution in [0.2, 0.25) is 0 Å². The van der Waals surface area contributed by atoms with Crippen molar-refractivity contribution >= 4 is 54.3 Å². The van der Waals surface area contributed by atoms with Gasteiger partial charge in [0.1, 0.15) is 11.2 Å². The zero-order chi connectivity index (χ0) is 36.3. The Hall–Kier alpha value is -7.43. The molecule has 0 radical (unpaired) electrons. The fourth-order valence-electron chi connectivity index (χ4n) is 8.05. The highest BCUT2D eigenvalue weighted by Gasteiger charge is 2.21. The van der Waals surface area contributed by atoms with Crippen molar-refractivity contribution in [2.24, 2.45) is 0 Å². The Morgan fingerprint density at radius 3 is 1.73 bits per heavy atom. The third kappa shape index (κ3) is 5.26. The first-order chi connectivity index (χ1) is 27.2. The van der Waals surface area contributed by atoms with E-state index in [0.717, 1.165) is 66.3 Å². The van der Waals surface area contributed by atoms with Gasteiger partial charge >= 0.3 is 0 Å². The zero-order valence-electron chi connectivity index (χ0n) is 29.6. The largest absolute Gasteiger partial charge is 0.455 e. The number of hydrogen-bond acceptors (Lipinski definition) is 4. The van der Waals surface area contributed by atoms with Crippen molar-refractivity contribution in [1.29, 1.82) is 0 Å². The number of para-hydroxylation sites is 1. The quantitative estimate of drug-likeness (QED) is 0.168. The summed E-state index contributed by atoms with van der Waals surface area (Å²) in [5, 5.41) is 9.14. The molecule has 256 valence electrons. The maximum atomic E-state index is 6.82. The molecular formula is C51H31N3O. The number of hydrogen-bond donors (Lipinski definition) is 0. The Labute approximate surface area is 317 Å². The van der Waals surface area contributed by atoms with E-state index in [1.807, 2.05) is 18.2 Å². The van der Waals surface area contributed by atoms with Crippen LogP contribution in [0.25, 0.3) is 111 Å². The SMILES string of the molecule is c1ccc(-c2ccc(-c3nc(-c4ccc5ccccc5c4)nc(-c4cccc5oc6c(-c7cc8ccccc8c8ccccc78)cccc6c45)n3)cc2)cc1. The van der Waals surface area contributed by atoms with Gasteiger partial charge in [0.2, 0.25) is 0 Å². The van der Waals surface area contributed by atoms with Gasteiger partial charge < -0.3 is 4.42 Å². The van der Waals surface area contributed by atoms with Crippen LogP contribution >= 0.6 is 0 Å². The first kappa shape index (κ1) is 31.1. The van der Waals surface area contributed by atoms with E-state index in [1.54, 1.807) is 0 Å². The lowest BCUT2D eigenvalue weighted by Gasteiger charge is -2.11. The van der Waals surface area contributed by atoms with Crippen LogP contribution in [0.4, 0.5) is 0 Å². The van der Waals surface area contributed by atoms with Gasteiger partial charge in [0.15, 0.2) is 17.5 Å². The van der Waals surface area contributed by atoms with Crippen LogP contribution in [0.3, 0.4) is 0 Å². The highest BCUT2D eigenvalue weighted by atomic mass is 16.3. The van der Waals surface area contributed by atoms with Gasteiger partial charge in [-0.2, -0.15) is 0 Å².